The van der Waals surface area contributed by atoms with Gasteiger partial charge in [0.15, 0.2) is 9.84 Å². The van der Waals surface area contributed by atoms with E-state index in [2.05, 4.69) is 6.07 Å². The molecule has 0 aliphatic carbocycles. The summed E-state index contributed by atoms with van der Waals surface area (Å²) >= 11 is 7.76. The van der Waals surface area contributed by atoms with Crippen LogP contribution in [0.5, 0.6) is 0 Å². The maximum atomic E-state index is 12.9. The van der Waals surface area contributed by atoms with Crippen molar-refractivity contribution in [3.05, 3.63) is 51.7 Å². The number of fused-ring (bicyclic) bond motifs is 1. The molecule has 2 aliphatic rings. The minimum absolute atomic E-state index is 0.00538. The number of halogens is 1. The molecular formula is C18H19ClN2O3S2. The lowest BCUT2D eigenvalue weighted by Gasteiger charge is -2.43. The standard InChI is InChI=1S/C18H19ClN2O3S2/c19-13-3-1-4-14(9-13)21-17-12-26(23,24)11-16(17)20(10-18(21)22)7-6-15-5-2-8-25-15/h1-5,8-9,16-17H,6-7,10-12H2/t16-,17+/m1/s1. The van der Waals surface area contributed by atoms with Crippen LogP contribution in [0, 0.1) is 0 Å². The third kappa shape index (κ3) is 3.53. The predicted octanol–water partition coefficient (Wildman–Crippen LogP) is 2.46. The maximum absolute atomic E-state index is 12.9. The molecule has 0 unspecified atom stereocenters. The molecule has 2 aliphatic heterocycles. The molecule has 2 atom stereocenters. The Kier molecular flexibility index (Phi) is 4.81. The van der Waals surface area contributed by atoms with Gasteiger partial charge in [0.1, 0.15) is 0 Å². The number of piperazine rings is 1. The second kappa shape index (κ2) is 6.96. The van der Waals surface area contributed by atoms with Gasteiger partial charge in [-0.3, -0.25) is 9.69 Å². The third-order valence-electron chi connectivity index (χ3n) is 5.01. The first-order chi connectivity index (χ1) is 12.4. The number of sulfone groups is 1. The van der Waals surface area contributed by atoms with E-state index in [0.29, 0.717) is 17.3 Å². The molecule has 2 saturated heterocycles. The Morgan fingerprint density at radius 2 is 1.96 bits per heavy atom. The van der Waals surface area contributed by atoms with Crippen LogP contribution < -0.4 is 4.90 Å². The van der Waals surface area contributed by atoms with Crippen LogP contribution in [0.2, 0.25) is 5.02 Å². The van der Waals surface area contributed by atoms with Crippen molar-refractivity contribution in [2.24, 2.45) is 0 Å². The molecule has 3 heterocycles. The highest BCUT2D eigenvalue weighted by molar-refractivity contribution is 7.91. The molecule has 0 spiro atoms. The van der Waals surface area contributed by atoms with Gasteiger partial charge in [-0.2, -0.15) is 0 Å². The molecule has 0 N–H and O–H groups in total. The number of thiophene rings is 1. The first-order valence-electron chi connectivity index (χ1n) is 8.47. The highest BCUT2D eigenvalue weighted by Crippen LogP contribution is 2.32. The number of carbonyl (C=O) groups excluding carboxylic acids is 1. The van der Waals surface area contributed by atoms with E-state index >= 15 is 0 Å². The lowest BCUT2D eigenvalue weighted by atomic mass is 10.0. The van der Waals surface area contributed by atoms with Crippen molar-refractivity contribution in [2.75, 3.05) is 29.5 Å². The number of anilines is 1. The highest BCUT2D eigenvalue weighted by atomic mass is 35.5. The van der Waals surface area contributed by atoms with Crippen LogP contribution in [0.25, 0.3) is 0 Å². The van der Waals surface area contributed by atoms with Crippen LogP contribution in [-0.4, -0.2) is 55.9 Å². The fourth-order valence-corrected chi connectivity index (χ4v) is 6.74. The summed E-state index contributed by atoms with van der Waals surface area (Å²) in [6, 6.07) is 10.6. The van der Waals surface area contributed by atoms with Gasteiger partial charge in [-0.15, -0.1) is 11.3 Å². The van der Waals surface area contributed by atoms with Crippen molar-refractivity contribution >= 4 is 44.4 Å². The van der Waals surface area contributed by atoms with E-state index in [4.69, 9.17) is 11.6 Å². The van der Waals surface area contributed by atoms with Crippen LogP contribution in [0.4, 0.5) is 5.69 Å². The Labute approximate surface area is 162 Å². The third-order valence-corrected chi connectivity index (χ3v) is 7.88. The summed E-state index contributed by atoms with van der Waals surface area (Å²) in [7, 11) is -3.17. The lowest BCUT2D eigenvalue weighted by Crippen LogP contribution is -2.62. The van der Waals surface area contributed by atoms with Crippen molar-refractivity contribution in [3.8, 4) is 0 Å². The van der Waals surface area contributed by atoms with E-state index in [1.54, 1.807) is 34.4 Å². The monoisotopic (exact) mass is 410 g/mol. The molecule has 1 aromatic heterocycles. The van der Waals surface area contributed by atoms with Gasteiger partial charge < -0.3 is 4.90 Å². The zero-order valence-electron chi connectivity index (χ0n) is 14.0. The maximum Gasteiger partial charge on any atom is 0.241 e. The second-order valence-electron chi connectivity index (χ2n) is 6.76. The van der Waals surface area contributed by atoms with Crippen LogP contribution in [-0.2, 0) is 21.1 Å². The lowest BCUT2D eigenvalue weighted by molar-refractivity contribution is -0.123. The zero-order chi connectivity index (χ0) is 18.3. The topological polar surface area (TPSA) is 57.7 Å². The molecule has 2 aromatic rings. The summed E-state index contributed by atoms with van der Waals surface area (Å²) in [4.78, 5) is 17.8. The number of hydrogen-bond acceptors (Lipinski definition) is 5. The van der Waals surface area contributed by atoms with E-state index in [-0.39, 0.29) is 36.0 Å². The number of amides is 1. The SMILES string of the molecule is O=C1CN(CCc2cccs2)[C@@H]2CS(=O)(=O)C[C@@H]2N1c1cccc(Cl)c1. The van der Waals surface area contributed by atoms with E-state index in [9.17, 15) is 13.2 Å². The van der Waals surface area contributed by atoms with Crippen molar-refractivity contribution < 1.29 is 13.2 Å². The van der Waals surface area contributed by atoms with Crippen LogP contribution in [0.15, 0.2) is 41.8 Å². The average molecular weight is 411 g/mol. The number of nitrogens with zero attached hydrogens (tertiary/aromatic N) is 2. The number of rotatable bonds is 4. The molecule has 26 heavy (non-hydrogen) atoms. The van der Waals surface area contributed by atoms with Gasteiger partial charge in [0.25, 0.3) is 0 Å². The first-order valence-corrected chi connectivity index (χ1v) is 11.6. The summed E-state index contributed by atoms with van der Waals surface area (Å²) in [5, 5.41) is 2.56. The second-order valence-corrected chi connectivity index (χ2v) is 10.4. The summed E-state index contributed by atoms with van der Waals surface area (Å²) in [6.07, 6.45) is 0.825. The van der Waals surface area contributed by atoms with Crippen molar-refractivity contribution in [3.63, 3.8) is 0 Å². The summed E-state index contributed by atoms with van der Waals surface area (Å²) in [5.74, 6) is 0.0366. The Bertz CT molecular complexity index is 914. The normalized spacial score (nSPS) is 25.4. The molecule has 4 rings (SSSR count). The Morgan fingerprint density at radius 1 is 1.15 bits per heavy atom. The molecule has 0 bridgehead atoms. The van der Waals surface area contributed by atoms with Gasteiger partial charge in [0, 0.05) is 28.2 Å². The summed E-state index contributed by atoms with van der Waals surface area (Å²) in [5.41, 5.74) is 0.674. The zero-order valence-corrected chi connectivity index (χ0v) is 16.4. The van der Waals surface area contributed by atoms with Gasteiger partial charge in [-0.25, -0.2) is 8.42 Å². The predicted molar refractivity (Wildman–Crippen MR) is 105 cm³/mol. The Balaban J connectivity index is 1.61. The van der Waals surface area contributed by atoms with Crippen molar-refractivity contribution in [2.45, 2.75) is 18.5 Å². The number of benzene rings is 1. The average Bonchev–Trinajstić information content (AvgIpc) is 3.19. The van der Waals surface area contributed by atoms with Crippen molar-refractivity contribution in [1.29, 1.82) is 0 Å². The fraction of sp³-hybridized carbons (Fsp3) is 0.389. The largest absolute Gasteiger partial charge is 0.306 e. The minimum Gasteiger partial charge on any atom is -0.306 e. The molecule has 8 heteroatoms. The smallest absolute Gasteiger partial charge is 0.241 e. The van der Waals surface area contributed by atoms with Crippen LogP contribution in [0.3, 0.4) is 0 Å². The molecular weight excluding hydrogens is 392 g/mol. The molecule has 1 amide bonds. The van der Waals surface area contributed by atoms with E-state index < -0.39 is 9.84 Å². The number of hydrogen-bond donors (Lipinski definition) is 0. The molecule has 5 nitrogen and oxygen atoms in total. The Morgan fingerprint density at radius 3 is 2.69 bits per heavy atom. The molecule has 2 fully saturated rings. The highest BCUT2D eigenvalue weighted by Gasteiger charge is 2.49. The van der Waals surface area contributed by atoms with E-state index in [1.807, 2.05) is 22.4 Å². The molecule has 138 valence electrons. The van der Waals surface area contributed by atoms with Gasteiger partial charge in [0.2, 0.25) is 5.91 Å². The van der Waals surface area contributed by atoms with E-state index in [0.717, 1.165) is 6.42 Å². The van der Waals surface area contributed by atoms with E-state index in [1.165, 1.54) is 4.88 Å². The minimum atomic E-state index is -3.17. The molecule has 0 radical (unpaired) electrons. The Hall–Kier alpha value is -1.41. The first kappa shape index (κ1) is 18.0. The summed E-state index contributed by atoms with van der Waals surface area (Å²) in [6.45, 7) is 0.918. The van der Waals surface area contributed by atoms with Gasteiger partial charge in [0.05, 0.1) is 24.1 Å². The summed E-state index contributed by atoms with van der Waals surface area (Å²) < 4.78 is 24.7. The van der Waals surface area contributed by atoms with Gasteiger partial charge in [-0.05, 0) is 36.1 Å². The van der Waals surface area contributed by atoms with Gasteiger partial charge >= 0.3 is 0 Å². The van der Waals surface area contributed by atoms with Gasteiger partial charge in [-0.1, -0.05) is 23.7 Å². The quantitative estimate of drug-likeness (QED) is 0.776. The van der Waals surface area contributed by atoms with Crippen LogP contribution >= 0.6 is 22.9 Å². The number of carbonyl (C=O) groups is 1. The fourth-order valence-electron chi connectivity index (χ4n) is 3.87. The molecule has 1 aromatic carbocycles. The van der Waals surface area contributed by atoms with Crippen LogP contribution in [0.1, 0.15) is 4.88 Å². The van der Waals surface area contributed by atoms with Crippen molar-refractivity contribution in [1.82, 2.24) is 4.90 Å². The molecule has 0 saturated carbocycles.